The molecular formula is C16H21NO4S. The fourth-order valence-corrected chi connectivity index (χ4v) is 2.67. The van der Waals surface area contributed by atoms with Crippen molar-refractivity contribution >= 4 is 29.4 Å². The third kappa shape index (κ3) is 5.89. The Labute approximate surface area is 134 Å². The molecule has 1 unspecified atom stereocenters. The van der Waals surface area contributed by atoms with Crippen molar-refractivity contribution < 1.29 is 19.5 Å². The lowest BCUT2D eigenvalue weighted by Gasteiger charge is -2.26. The summed E-state index contributed by atoms with van der Waals surface area (Å²) in [5.41, 5.74) is 0.617. The van der Waals surface area contributed by atoms with E-state index < -0.39 is 5.97 Å². The van der Waals surface area contributed by atoms with Gasteiger partial charge in [0.2, 0.25) is 5.91 Å². The predicted molar refractivity (Wildman–Crippen MR) is 87.2 cm³/mol. The number of hydrogen-bond donors (Lipinski definition) is 1. The molecule has 0 radical (unpaired) electrons. The van der Waals surface area contributed by atoms with Crippen molar-refractivity contribution in [3.63, 3.8) is 0 Å². The Kier molecular flexibility index (Phi) is 7.66. The van der Waals surface area contributed by atoms with Crippen molar-refractivity contribution in [3.8, 4) is 0 Å². The Bertz CT molecular complexity index is 518. The maximum atomic E-state index is 12.1. The molecule has 1 N–H and O–H groups in total. The van der Waals surface area contributed by atoms with Crippen LogP contribution in [0.5, 0.6) is 0 Å². The van der Waals surface area contributed by atoms with Gasteiger partial charge in [0, 0.05) is 11.6 Å². The number of aliphatic carboxylic acids is 1. The molecule has 0 fully saturated rings. The quantitative estimate of drug-likeness (QED) is 0.706. The summed E-state index contributed by atoms with van der Waals surface area (Å²) in [5.74, 6) is -0.999. The van der Waals surface area contributed by atoms with Crippen LogP contribution in [0.1, 0.15) is 30.6 Å². The van der Waals surface area contributed by atoms with Crippen LogP contribution in [-0.2, 0) is 9.59 Å². The molecule has 22 heavy (non-hydrogen) atoms. The minimum absolute atomic E-state index is 0.0354. The Morgan fingerprint density at radius 2 is 1.82 bits per heavy atom. The third-order valence-electron chi connectivity index (χ3n) is 3.30. The molecule has 1 amide bonds. The number of ketones is 1. The number of nitrogens with zero attached hydrogens (tertiary/aromatic N) is 1. The normalized spacial score (nSPS) is 11.7. The van der Waals surface area contributed by atoms with Crippen LogP contribution in [-0.4, -0.2) is 51.8 Å². The maximum absolute atomic E-state index is 12.1. The van der Waals surface area contributed by atoms with Crippen molar-refractivity contribution in [2.45, 2.75) is 26.3 Å². The predicted octanol–water partition coefficient (Wildman–Crippen LogP) is 2.31. The Morgan fingerprint density at radius 1 is 1.18 bits per heavy atom. The SMILES string of the molecule is CCC(C)N(CC(=O)O)C(=O)CSCC(=O)c1ccccc1. The summed E-state index contributed by atoms with van der Waals surface area (Å²) in [6, 6.07) is 8.76. The average molecular weight is 323 g/mol. The summed E-state index contributed by atoms with van der Waals surface area (Å²) in [7, 11) is 0. The summed E-state index contributed by atoms with van der Waals surface area (Å²) in [4.78, 5) is 36.2. The van der Waals surface area contributed by atoms with E-state index in [4.69, 9.17) is 5.11 Å². The van der Waals surface area contributed by atoms with Crippen LogP contribution in [0.25, 0.3) is 0 Å². The average Bonchev–Trinajstić information content (AvgIpc) is 2.52. The lowest BCUT2D eigenvalue weighted by atomic mass is 10.2. The van der Waals surface area contributed by atoms with Gasteiger partial charge in [0.25, 0.3) is 0 Å². The number of Topliss-reactive ketones (excluding diaryl/α,β-unsaturated/α-hetero) is 1. The van der Waals surface area contributed by atoms with Crippen molar-refractivity contribution in [1.29, 1.82) is 0 Å². The van der Waals surface area contributed by atoms with Gasteiger partial charge in [0.1, 0.15) is 6.54 Å². The maximum Gasteiger partial charge on any atom is 0.323 e. The fourth-order valence-electron chi connectivity index (χ4n) is 1.88. The highest BCUT2D eigenvalue weighted by Gasteiger charge is 2.21. The van der Waals surface area contributed by atoms with Crippen molar-refractivity contribution in [2.75, 3.05) is 18.1 Å². The second-order valence-corrected chi connectivity index (χ2v) is 5.94. The van der Waals surface area contributed by atoms with E-state index in [2.05, 4.69) is 0 Å². The van der Waals surface area contributed by atoms with Gasteiger partial charge < -0.3 is 10.0 Å². The van der Waals surface area contributed by atoms with Crippen molar-refractivity contribution in [1.82, 2.24) is 4.90 Å². The molecule has 0 saturated carbocycles. The van der Waals surface area contributed by atoms with E-state index in [9.17, 15) is 14.4 Å². The van der Waals surface area contributed by atoms with Crippen LogP contribution in [0.4, 0.5) is 0 Å². The van der Waals surface area contributed by atoms with Gasteiger partial charge in [-0.1, -0.05) is 37.3 Å². The number of carbonyl (C=O) groups excluding carboxylic acids is 2. The summed E-state index contributed by atoms with van der Waals surface area (Å²) in [6.07, 6.45) is 0.687. The number of carboxylic acid groups (broad SMARTS) is 1. The number of thioether (sulfide) groups is 1. The van der Waals surface area contributed by atoms with E-state index in [1.807, 2.05) is 19.9 Å². The zero-order valence-electron chi connectivity index (χ0n) is 12.8. The highest BCUT2D eigenvalue weighted by Crippen LogP contribution is 2.11. The summed E-state index contributed by atoms with van der Waals surface area (Å²) < 4.78 is 0. The summed E-state index contributed by atoms with van der Waals surface area (Å²) in [5, 5.41) is 8.88. The van der Waals surface area contributed by atoms with Crippen molar-refractivity contribution in [2.24, 2.45) is 0 Å². The van der Waals surface area contributed by atoms with E-state index in [0.717, 1.165) is 0 Å². The van der Waals surface area contributed by atoms with Crippen LogP contribution in [0, 0.1) is 0 Å². The molecule has 1 aromatic rings. The van der Waals surface area contributed by atoms with Gasteiger partial charge in [-0.25, -0.2) is 0 Å². The number of carboxylic acids is 1. The minimum atomic E-state index is -1.03. The first-order valence-electron chi connectivity index (χ1n) is 7.13. The van der Waals surface area contributed by atoms with Crippen molar-refractivity contribution in [3.05, 3.63) is 35.9 Å². The van der Waals surface area contributed by atoms with Crippen LogP contribution < -0.4 is 0 Å². The van der Waals surface area contributed by atoms with E-state index in [0.29, 0.717) is 12.0 Å². The van der Waals surface area contributed by atoms with E-state index in [-0.39, 0.29) is 35.8 Å². The van der Waals surface area contributed by atoms with Gasteiger partial charge in [-0.2, -0.15) is 0 Å². The van der Waals surface area contributed by atoms with E-state index in [1.54, 1.807) is 24.3 Å². The number of amides is 1. The Morgan fingerprint density at radius 3 is 2.36 bits per heavy atom. The number of benzene rings is 1. The number of hydrogen-bond acceptors (Lipinski definition) is 4. The van der Waals surface area contributed by atoms with Gasteiger partial charge in [0.05, 0.1) is 11.5 Å². The first-order chi connectivity index (χ1) is 10.5. The lowest BCUT2D eigenvalue weighted by Crippen LogP contribution is -2.42. The van der Waals surface area contributed by atoms with Crippen LogP contribution in [0.2, 0.25) is 0 Å². The largest absolute Gasteiger partial charge is 0.480 e. The molecule has 1 aromatic carbocycles. The summed E-state index contributed by atoms with van der Waals surface area (Å²) in [6.45, 7) is 3.42. The Balaban J connectivity index is 2.49. The van der Waals surface area contributed by atoms with Gasteiger partial charge >= 0.3 is 5.97 Å². The monoisotopic (exact) mass is 323 g/mol. The molecule has 6 heteroatoms. The lowest BCUT2D eigenvalue weighted by molar-refractivity contribution is -0.144. The molecule has 0 saturated heterocycles. The highest BCUT2D eigenvalue weighted by atomic mass is 32.2. The molecule has 0 spiro atoms. The standard InChI is InChI=1S/C16H21NO4S/c1-3-12(2)17(9-16(20)21)15(19)11-22-10-14(18)13-7-5-4-6-8-13/h4-8,12H,3,9-11H2,1-2H3,(H,20,21). The summed E-state index contributed by atoms with van der Waals surface area (Å²) >= 11 is 1.21. The van der Waals surface area contributed by atoms with Crippen LogP contribution in [0.15, 0.2) is 30.3 Å². The second-order valence-electron chi connectivity index (χ2n) is 4.95. The molecule has 1 rings (SSSR count). The van der Waals surface area contributed by atoms with Gasteiger partial charge in [0.15, 0.2) is 5.78 Å². The molecule has 120 valence electrons. The van der Waals surface area contributed by atoms with E-state index in [1.165, 1.54) is 16.7 Å². The number of rotatable bonds is 9. The Hall–Kier alpha value is -1.82. The number of carbonyl (C=O) groups is 3. The third-order valence-corrected chi connectivity index (χ3v) is 4.22. The zero-order chi connectivity index (χ0) is 16.5. The topological polar surface area (TPSA) is 74.7 Å². The first-order valence-corrected chi connectivity index (χ1v) is 8.28. The molecule has 0 aliphatic carbocycles. The molecule has 0 aliphatic rings. The van der Waals surface area contributed by atoms with Gasteiger partial charge in [-0.3, -0.25) is 14.4 Å². The molecule has 0 aromatic heterocycles. The molecular weight excluding hydrogens is 302 g/mol. The fraction of sp³-hybridized carbons (Fsp3) is 0.438. The minimum Gasteiger partial charge on any atom is -0.480 e. The second kappa shape index (κ2) is 9.25. The molecule has 0 heterocycles. The molecule has 0 aliphatic heterocycles. The van der Waals surface area contributed by atoms with E-state index >= 15 is 0 Å². The zero-order valence-corrected chi connectivity index (χ0v) is 13.6. The smallest absolute Gasteiger partial charge is 0.323 e. The highest BCUT2D eigenvalue weighted by molar-refractivity contribution is 8.00. The first kappa shape index (κ1) is 18.2. The molecule has 1 atom stereocenters. The molecule has 0 bridgehead atoms. The van der Waals surface area contributed by atoms with Gasteiger partial charge in [-0.15, -0.1) is 11.8 Å². The molecule has 5 nitrogen and oxygen atoms in total. The van der Waals surface area contributed by atoms with Gasteiger partial charge in [-0.05, 0) is 13.3 Å². The van der Waals surface area contributed by atoms with Crippen LogP contribution >= 0.6 is 11.8 Å². The van der Waals surface area contributed by atoms with Crippen LogP contribution in [0.3, 0.4) is 0 Å².